The molecule has 0 aromatic carbocycles. The summed E-state index contributed by atoms with van der Waals surface area (Å²) in [6.45, 7) is 4.20. The third kappa shape index (κ3) is 3.21. The first-order valence-electron chi connectivity index (χ1n) is 6.54. The molecular formula is C14H19N5O. The van der Waals surface area contributed by atoms with Crippen molar-refractivity contribution < 1.29 is 4.79 Å². The van der Waals surface area contributed by atoms with Crippen LogP contribution in [0.4, 0.5) is 0 Å². The fraction of sp³-hybridized carbons (Fsp3) is 0.357. The van der Waals surface area contributed by atoms with Crippen LogP contribution in [0.3, 0.4) is 0 Å². The van der Waals surface area contributed by atoms with Gasteiger partial charge in [0.15, 0.2) is 0 Å². The Labute approximate surface area is 117 Å². The van der Waals surface area contributed by atoms with Crippen LogP contribution in [0.2, 0.25) is 0 Å². The average Bonchev–Trinajstić information content (AvgIpc) is 2.78. The summed E-state index contributed by atoms with van der Waals surface area (Å²) in [7, 11) is 0. The van der Waals surface area contributed by atoms with E-state index in [1.165, 1.54) is 0 Å². The fourth-order valence-electron chi connectivity index (χ4n) is 2.12. The van der Waals surface area contributed by atoms with Crippen molar-refractivity contribution in [1.82, 2.24) is 20.5 Å². The van der Waals surface area contributed by atoms with E-state index >= 15 is 0 Å². The molecule has 106 valence electrons. The minimum absolute atomic E-state index is 0.200. The molecule has 0 aliphatic carbocycles. The molecule has 4 N–H and O–H groups in total. The molecule has 0 spiro atoms. The number of carbonyl (C=O) groups excluding carboxylic acids is 1. The van der Waals surface area contributed by atoms with Crippen molar-refractivity contribution in [2.24, 2.45) is 5.73 Å². The molecule has 0 aliphatic heterocycles. The van der Waals surface area contributed by atoms with Crippen molar-refractivity contribution in [3.8, 4) is 0 Å². The van der Waals surface area contributed by atoms with Crippen LogP contribution in [0.25, 0.3) is 0 Å². The van der Waals surface area contributed by atoms with Gasteiger partial charge in [-0.3, -0.25) is 14.9 Å². The predicted octanol–water partition coefficient (Wildman–Crippen LogP) is 0.780. The summed E-state index contributed by atoms with van der Waals surface area (Å²) in [6.07, 6.45) is 2.42. The van der Waals surface area contributed by atoms with Gasteiger partial charge in [0.25, 0.3) is 0 Å². The zero-order valence-electron chi connectivity index (χ0n) is 11.7. The quantitative estimate of drug-likeness (QED) is 0.750. The first-order chi connectivity index (χ1) is 9.59. The lowest BCUT2D eigenvalue weighted by atomic mass is 10.1. The van der Waals surface area contributed by atoms with Crippen LogP contribution in [-0.2, 0) is 11.2 Å². The van der Waals surface area contributed by atoms with Gasteiger partial charge < -0.3 is 11.1 Å². The van der Waals surface area contributed by atoms with Gasteiger partial charge in [-0.25, -0.2) is 0 Å². The summed E-state index contributed by atoms with van der Waals surface area (Å²) in [4.78, 5) is 16.2. The van der Waals surface area contributed by atoms with Gasteiger partial charge in [-0.15, -0.1) is 0 Å². The number of nitrogens with one attached hydrogen (secondary N) is 2. The zero-order valence-corrected chi connectivity index (χ0v) is 11.7. The molecule has 0 aliphatic rings. The van der Waals surface area contributed by atoms with Crippen LogP contribution in [0, 0.1) is 13.8 Å². The van der Waals surface area contributed by atoms with E-state index in [1.807, 2.05) is 32.0 Å². The largest absolute Gasteiger partial charge is 0.354 e. The molecule has 0 radical (unpaired) electrons. The lowest BCUT2D eigenvalue weighted by Gasteiger charge is -2.12. The van der Waals surface area contributed by atoms with Gasteiger partial charge in [0.1, 0.15) is 6.04 Å². The van der Waals surface area contributed by atoms with Crippen molar-refractivity contribution >= 4 is 5.91 Å². The molecule has 0 fully saturated rings. The zero-order chi connectivity index (χ0) is 14.5. The number of pyridine rings is 1. The second-order valence-electron chi connectivity index (χ2n) is 4.69. The third-order valence-corrected chi connectivity index (χ3v) is 3.19. The lowest BCUT2D eigenvalue weighted by molar-refractivity contribution is -0.122. The van der Waals surface area contributed by atoms with Crippen molar-refractivity contribution in [3.05, 3.63) is 47.0 Å². The van der Waals surface area contributed by atoms with Gasteiger partial charge in [-0.05, 0) is 26.0 Å². The van der Waals surface area contributed by atoms with Gasteiger partial charge in [0.2, 0.25) is 5.91 Å². The molecule has 0 bridgehead atoms. The van der Waals surface area contributed by atoms with Crippen LogP contribution in [0.15, 0.2) is 24.4 Å². The molecule has 0 saturated heterocycles. The molecule has 1 atom stereocenters. The Morgan fingerprint density at radius 3 is 2.85 bits per heavy atom. The molecule has 2 rings (SSSR count). The summed E-state index contributed by atoms with van der Waals surface area (Å²) in [5.74, 6) is -0.200. The van der Waals surface area contributed by atoms with Gasteiger partial charge in [0.05, 0.1) is 5.69 Å². The highest BCUT2D eigenvalue weighted by Gasteiger charge is 2.21. The number of aryl methyl sites for hydroxylation is 2. The van der Waals surface area contributed by atoms with Gasteiger partial charge in [-0.1, -0.05) is 6.07 Å². The maximum atomic E-state index is 12.0. The van der Waals surface area contributed by atoms with Crippen molar-refractivity contribution in [2.45, 2.75) is 26.3 Å². The number of aromatic nitrogens is 3. The topological polar surface area (TPSA) is 96.7 Å². The Balaban J connectivity index is 1.89. The second-order valence-corrected chi connectivity index (χ2v) is 4.69. The maximum Gasteiger partial charge on any atom is 0.241 e. The van der Waals surface area contributed by atoms with Gasteiger partial charge >= 0.3 is 0 Å². The van der Waals surface area contributed by atoms with Crippen LogP contribution < -0.4 is 11.1 Å². The fourth-order valence-corrected chi connectivity index (χ4v) is 2.12. The van der Waals surface area contributed by atoms with E-state index in [0.717, 1.165) is 22.6 Å². The number of carbonyl (C=O) groups is 1. The average molecular weight is 273 g/mol. The minimum Gasteiger partial charge on any atom is -0.354 e. The molecule has 0 unspecified atom stereocenters. The van der Waals surface area contributed by atoms with E-state index in [2.05, 4.69) is 20.5 Å². The highest BCUT2D eigenvalue weighted by atomic mass is 16.2. The molecule has 0 saturated carbocycles. The smallest absolute Gasteiger partial charge is 0.241 e. The van der Waals surface area contributed by atoms with Crippen molar-refractivity contribution in [1.29, 1.82) is 0 Å². The van der Waals surface area contributed by atoms with Crippen LogP contribution in [0.1, 0.15) is 28.7 Å². The molecular weight excluding hydrogens is 254 g/mol. The minimum atomic E-state index is -0.697. The summed E-state index contributed by atoms with van der Waals surface area (Å²) in [5.41, 5.74) is 9.27. The number of aromatic amines is 1. The summed E-state index contributed by atoms with van der Waals surface area (Å²) >= 11 is 0. The Hall–Kier alpha value is -2.21. The molecule has 2 aromatic heterocycles. The number of H-pyrrole nitrogens is 1. The van der Waals surface area contributed by atoms with E-state index in [9.17, 15) is 4.79 Å². The number of amides is 1. The number of nitrogens with zero attached hydrogens (tertiary/aromatic N) is 2. The molecule has 2 heterocycles. The number of hydrogen-bond acceptors (Lipinski definition) is 4. The first-order valence-corrected chi connectivity index (χ1v) is 6.54. The Bertz CT molecular complexity index is 559. The molecule has 6 nitrogen and oxygen atoms in total. The van der Waals surface area contributed by atoms with E-state index in [-0.39, 0.29) is 5.91 Å². The van der Waals surface area contributed by atoms with Crippen molar-refractivity contribution in [2.75, 3.05) is 6.54 Å². The summed E-state index contributed by atoms with van der Waals surface area (Å²) in [5, 5.41) is 9.72. The lowest BCUT2D eigenvalue weighted by Crippen LogP contribution is -2.35. The first kappa shape index (κ1) is 14.2. The number of hydrogen-bond donors (Lipinski definition) is 3. The molecule has 1 amide bonds. The highest BCUT2D eigenvalue weighted by Crippen LogP contribution is 2.17. The van der Waals surface area contributed by atoms with Gasteiger partial charge in [0, 0.05) is 36.1 Å². The monoisotopic (exact) mass is 273 g/mol. The van der Waals surface area contributed by atoms with Gasteiger partial charge in [-0.2, -0.15) is 5.10 Å². The number of rotatable bonds is 5. The highest BCUT2D eigenvalue weighted by molar-refractivity contribution is 5.83. The standard InChI is InChI=1S/C14H19N5O/c1-9-12(10(2)19-18-9)13(15)14(20)17-8-6-11-5-3-4-7-16-11/h3-5,7,13H,6,8,15H2,1-2H3,(H,17,20)(H,18,19)/t13-/m1/s1. The summed E-state index contributed by atoms with van der Waals surface area (Å²) in [6, 6.07) is 5.02. The summed E-state index contributed by atoms with van der Waals surface area (Å²) < 4.78 is 0. The Morgan fingerprint density at radius 2 is 2.25 bits per heavy atom. The van der Waals surface area contributed by atoms with Crippen LogP contribution in [-0.4, -0.2) is 27.6 Å². The second kappa shape index (κ2) is 6.29. The maximum absolute atomic E-state index is 12.0. The Morgan fingerprint density at radius 1 is 1.45 bits per heavy atom. The third-order valence-electron chi connectivity index (χ3n) is 3.19. The molecule has 6 heteroatoms. The van der Waals surface area contributed by atoms with Crippen molar-refractivity contribution in [3.63, 3.8) is 0 Å². The Kier molecular flexibility index (Phi) is 4.47. The van der Waals surface area contributed by atoms with E-state index in [0.29, 0.717) is 13.0 Å². The predicted molar refractivity (Wildman–Crippen MR) is 75.9 cm³/mol. The van der Waals surface area contributed by atoms with E-state index < -0.39 is 6.04 Å². The van der Waals surface area contributed by atoms with Crippen LogP contribution in [0.5, 0.6) is 0 Å². The molecule has 2 aromatic rings. The number of nitrogens with two attached hydrogens (primary N) is 1. The molecule has 20 heavy (non-hydrogen) atoms. The normalized spacial score (nSPS) is 12.2. The van der Waals surface area contributed by atoms with Crippen LogP contribution >= 0.6 is 0 Å². The van der Waals surface area contributed by atoms with E-state index in [4.69, 9.17) is 5.73 Å². The van der Waals surface area contributed by atoms with E-state index in [1.54, 1.807) is 6.20 Å². The SMILES string of the molecule is Cc1n[nH]c(C)c1[C@@H](N)C(=O)NCCc1ccccn1.